The first-order valence-electron chi connectivity index (χ1n) is 5.11. The van der Waals surface area contributed by atoms with Gasteiger partial charge in [0, 0.05) is 6.61 Å². The molecule has 2 heteroatoms. The summed E-state index contributed by atoms with van der Waals surface area (Å²) in [5, 5.41) is 8.90. The highest BCUT2D eigenvalue weighted by atomic mass is 16.5. The molecule has 0 atom stereocenters. The summed E-state index contributed by atoms with van der Waals surface area (Å²) in [4.78, 5) is 0. The zero-order valence-corrected chi connectivity index (χ0v) is 8.92. The Morgan fingerprint density at radius 3 is 2.79 bits per heavy atom. The van der Waals surface area contributed by atoms with Crippen LogP contribution in [0.25, 0.3) is 0 Å². The lowest BCUT2D eigenvalue weighted by atomic mass is 10.1. The summed E-state index contributed by atoms with van der Waals surface area (Å²) < 4.78 is 5.58. The van der Waals surface area contributed by atoms with Crippen LogP contribution in [0.2, 0.25) is 0 Å². The standard InChI is InChI=1S/C12H18O2/c1-3-8-14-12-5-4-10(2)9-11(12)6-7-13/h4-5,9,13H,3,6-8H2,1-2H3. The Labute approximate surface area is 85.5 Å². The van der Waals surface area contributed by atoms with Crippen LogP contribution in [0.5, 0.6) is 5.75 Å². The number of ether oxygens (including phenoxy) is 1. The summed E-state index contributed by atoms with van der Waals surface area (Å²) in [5.41, 5.74) is 2.30. The summed E-state index contributed by atoms with van der Waals surface area (Å²) in [7, 11) is 0. The molecular weight excluding hydrogens is 176 g/mol. The van der Waals surface area contributed by atoms with Crippen molar-refractivity contribution in [3.8, 4) is 5.75 Å². The molecule has 1 aromatic carbocycles. The highest BCUT2D eigenvalue weighted by Crippen LogP contribution is 2.20. The minimum atomic E-state index is 0.173. The Morgan fingerprint density at radius 1 is 1.36 bits per heavy atom. The lowest BCUT2D eigenvalue weighted by Gasteiger charge is -2.10. The van der Waals surface area contributed by atoms with Crippen molar-refractivity contribution in [1.82, 2.24) is 0 Å². The number of aliphatic hydroxyl groups is 1. The molecule has 1 rings (SSSR count). The van der Waals surface area contributed by atoms with Crippen LogP contribution in [0.3, 0.4) is 0 Å². The highest BCUT2D eigenvalue weighted by Gasteiger charge is 2.02. The molecule has 0 saturated heterocycles. The molecule has 0 heterocycles. The van der Waals surface area contributed by atoms with Gasteiger partial charge in [-0.1, -0.05) is 24.6 Å². The molecule has 78 valence electrons. The van der Waals surface area contributed by atoms with Gasteiger partial charge in [0.2, 0.25) is 0 Å². The Hall–Kier alpha value is -1.02. The largest absolute Gasteiger partial charge is 0.493 e. The molecule has 0 amide bonds. The molecule has 14 heavy (non-hydrogen) atoms. The predicted octanol–water partition coefficient (Wildman–Crippen LogP) is 2.32. The number of rotatable bonds is 5. The fourth-order valence-corrected chi connectivity index (χ4v) is 1.38. The van der Waals surface area contributed by atoms with E-state index >= 15 is 0 Å². The highest BCUT2D eigenvalue weighted by molar-refractivity contribution is 5.37. The smallest absolute Gasteiger partial charge is 0.122 e. The fraction of sp³-hybridized carbons (Fsp3) is 0.500. The van der Waals surface area contributed by atoms with Crippen molar-refractivity contribution in [2.75, 3.05) is 13.2 Å². The number of benzene rings is 1. The molecule has 2 nitrogen and oxygen atoms in total. The molecule has 0 radical (unpaired) electrons. The van der Waals surface area contributed by atoms with Gasteiger partial charge < -0.3 is 9.84 Å². The van der Waals surface area contributed by atoms with Gasteiger partial charge in [0.1, 0.15) is 5.75 Å². The molecule has 1 N–H and O–H groups in total. The quantitative estimate of drug-likeness (QED) is 0.779. The Kier molecular flexibility index (Phi) is 4.47. The minimum Gasteiger partial charge on any atom is -0.493 e. The fourth-order valence-electron chi connectivity index (χ4n) is 1.38. The van der Waals surface area contributed by atoms with Gasteiger partial charge in [-0.3, -0.25) is 0 Å². The van der Waals surface area contributed by atoms with E-state index in [2.05, 4.69) is 13.0 Å². The zero-order chi connectivity index (χ0) is 10.4. The van der Waals surface area contributed by atoms with Gasteiger partial charge in [-0.05, 0) is 31.4 Å². The second kappa shape index (κ2) is 5.66. The van der Waals surface area contributed by atoms with Crippen LogP contribution in [0, 0.1) is 6.92 Å². The third-order valence-corrected chi connectivity index (χ3v) is 2.06. The average Bonchev–Trinajstić information content (AvgIpc) is 2.17. The second-order valence-electron chi connectivity index (χ2n) is 3.43. The van der Waals surface area contributed by atoms with Gasteiger partial charge in [-0.25, -0.2) is 0 Å². The Balaban J connectivity index is 2.78. The monoisotopic (exact) mass is 194 g/mol. The van der Waals surface area contributed by atoms with Gasteiger partial charge >= 0.3 is 0 Å². The lowest BCUT2D eigenvalue weighted by molar-refractivity contribution is 0.288. The van der Waals surface area contributed by atoms with E-state index in [0.717, 1.165) is 24.3 Å². The normalized spacial score (nSPS) is 10.2. The summed E-state index contributed by atoms with van der Waals surface area (Å²) >= 11 is 0. The maximum absolute atomic E-state index is 8.90. The molecule has 0 bridgehead atoms. The van der Waals surface area contributed by atoms with Crippen LogP contribution >= 0.6 is 0 Å². The average molecular weight is 194 g/mol. The van der Waals surface area contributed by atoms with Crippen LogP contribution in [0.4, 0.5) is 0 Å². The first kappa shape index (κ1) is 11.1. The minimum absolute atomic E-state index is 0.173. The van der Waals surface area contributed by atoms with Crippen molar-refractivity contribution >= 4 is 0 Å². The summed E-state index contributed by atoms with van der Waals surface area (Å²) in [6.07, 6.45) is 1.67. The van der Waals surface area contributed by atoms with E-state index in [1.807, 2.05) is 19.1 Å². The maximum atomic E-state index is 8.90. The van der Waals surface area contributed by atoms with Crippen LogP contribution < -0.4 is 4.74 Å². The van der Waals surface area contributed by atoms with Crippen molar-refractivity contribution in [2.45, 2.75) is 26.7 Å². The van der Waals surface area contributed by atoms with E-state index < -0.39 is 0 Å². The molecule has 0 aliphatic carbocycles. The van der Waals surface area contributed by atoms with Gasteiger partial charge in [-0.2, -0.15) is 0 Å². The number of aliphatic hydroxyl groups excluding tert-OH is 1. The Bertz CT molecular complexity index is 282. The second-order valence-corrected chi connectivity index (χ2v) is 3.43. The maximum Gasteiger partial charge on any atom is 0.122 e. The zero-order valence-electron chi connectivity index (χ0n) is 8.92. The van der Waals surface area contributed by atoms with Gasteiger partial charge in [0.05, 0.1) is 6.61 Å². The number of hydrogen-bond donors (Lipinski definition) is 1. The van der Waals surface area contributed by atoms with E-state index in [0.29, 0.717) is 6.42 Å². The molecule has 0 aromatic heterocycles. The van der Waals surface area contributed by atoms with E-state index in [9.17, 15) is 0 Å². The summed E-state index contributed by atoms with van der Waals surface area (Å²) in [6, 6.07) is 6.09. The van der Waals surface area contributed by atoms with Crippen molar-refractivity contribution in [3.05, 3.63) is 29.3 Å². The lowest BCUT2D eigenvalue weighted by Crippen LogP contribution is -2.01. The Morgan fingerprint density at radius 2 is 2.14 bits per heavy atom. The van der Waals surface area contributed by atoms with E-state index in [1.165, 1.54) is 5.56 Å². The van der Waals surface area contributed by atoms with E-state index in [-0.39, 0.29) is 6.61 Å². The van der Waals surface area contributed by atoms with Gasteiger partial charge in [-0.15, -0.1) is 0 Å². The molecule has 1 aromatic rings. The molecule has 0 fully saturated rings. The molecule has 0 saturated carbocycles. The molecule has 0 unspecified atom stereocenters. The van der Waals surface area contributed by atoms with E-state index in [1.54, 1.807) is 0 Å². The summed E-state index contributed by atoms with van der Waals surface area (Å²) in [5.74, 6) is 0.909. The van der Waals surface area contributed by atoms with Gasteiger partial charge in [0.25, 0.3) is 0 Å². The first-order valence-corrected chi connectivity index (χ1v) is 5.11. The van der Waals surface area contributed by atoms with E-state index in [4.69, 9.17) is 9.84 Å². The topological polar surface area (TPSA) is 29.5 Å². The van der Waals surface area contributed by atoms with Crippen molar-refractivity contribution in [3.63, 3.8) is 0 Å². The summed E-state index contributed by atoms with van der Waals surface area (Å²) in [6.45, 7) is 5.04. The van der Waals surface area contributed by atoms with Crippen LogP contribution in [-0.4, -0.2) is 18.3 Å². The number of aryl methyl sites for hydroxylation is 1. The SMILES string of the molecule is CCCOc1ccc(C)cc1CCO. The van der Waals surface area contributed by atoms with Crippen LogP contribution in [0.1, 0.15) is 24.5 Å². The molecular formula is C12H18O2. The van der Waals surface area contributed by atoms with Crippen LogP contribution in [-0.2, 0) is 6.42 Å². The number of hydrogen-bond acceptors (Lipinski definition) is 2. The third-order valence-electron chi connectivity index (χ3n) is 2.06. The van der Waals surface area contributed by atoms with Crippen LogP contribution in [0.15, 0.2) is 18.2 Å². The molecule has 0 aliphatic heterocycles. The van der Waals surface area contributed by atoms with Crippen molar-refractivity contribution < 1.29 is 9.84 Å². The van der Waals surface area contributed by atoms with Crippen molar-refractivity contribution in [2.24, 2.45) is 0 Å². The third kappa shape index (κ3) is 3.04. The molecule has 0 aliphatic rings. The first-order chi connectivity index (χ1) is 6.77. The molecule has 0 spiro atoms. The predicted molar refractivity (Wildman–Crippen MR) is 57.8 cm³/mol. The van der Waals surface area contributed by atoms with Gasteiger partial charge in [0.15, 0.2) is 0 Å². The van der Waals surface area contributed by atoms with Crippen molar-refractivity contribution in [1.29, 1.82) is 0 Å².